The third kappa shape index (κ3) is 5.96. The van der Waals surface area contributed by atoms with E-state index in [0.717, 1.165) is 18.5 Å². The number of nitrogens with one attached hydrogen (secondary N) is 2. The zero-order valence-corrected chi connectivity index (χ0v) is 23.4. The largest absolute Gasteiger partial charge is 0.338 e. The number of halogens is 3. The van der Waals surface area contributed by atoms with Crippen LogP contribution in [0, 0.1) is 5.82 Å². The molecule has 0 amide bonds. The molecule has 2 aromatic carbocycles. The fourth-order valence-electron chi connectivity index (χ4n) is 5.38. The highest BCUT2D eigenvalue weighted by atomic mass is 35.5. The maximum absolute atomic E-state index is 14.1. The lowest BCUT2D eigenvalue weighted by molar-refractivity contribution is 0.222. The molecule has 1 aromatic heterocycles. The lowest BCUT2D eigenvalue weighted by Gasteiger charge is -2.25. The summed E-state index contributed by atoms with van der Waals surface area (Å²) in [4.78, 5) is 11.5. The highest BCUT2D eigenvalue weighted by Gasteiger charge is 2.25. The Morgan fingerprint density at radius 1 is 1.03 bits per heavy atom. The molecule has 2 N–H and O–H groups in total. The van der Waals surface area contributed by atoms with Gasteiger partial charge in [0, 0.05) is 11.7 Å². The maximum atomic E-state index is 14.1. The van der Waals surface area contributed by atoms with Gasteiger partial charge in [-0.25, -0.2) is 9.37 Å². The minimum Gasteiger partial charge on any atom is -0.338 e. The van der Waals surface area contributed by atoms with E-state index in [1.807, 2.05) is 0 Å². The fourth-order valence-corrected chi connectivity index (χ4v) is 7.58. The van der Waals surface area contributed by atoms with Gasteiger partial charge in [-0.15, -0.1) is 0 Å². The molecule has 1 unspecified atom stereocenters. The van der Waals surface area contributed by atoms with Crippen molar-refractivity contribution in [3.63, 3.8) is 0 Å². The number of aryl methyl sites for hydroxylation is 2. The number of benzene rings is 2. The molecular formula is C27H31Cl2FN5OP. The number of aromatic nitrogens is 2. The Balaban J connectivity index is 1.35. The molecule has 3 aromatic rings. The lowest BCUT2D eigenvalue weighted by atomic mass is 10.0. The molecule has 1 fully saturated rings. The normalized spacial score (nSPS) is 18.4. The highest BCUT2D eigenvalue weighted by Crippen LogP contribution is 2.42. The van der Waals surface area contributed by atoms with Crippen molar-refractivity contribution in [2.45, 2.75) is 44.6 Å². The number of nitrogens with zero attached hydrogens (tertiary/aromatic N) is 3. The van der Waals surface area contributed by atoms with Gasteiger partial charge in [0.05, 0.1) is 22.2 Å². The number of hydrogen-bond acceptors (Lipinski definition) is 6. The van der Waals surface area contributed by atoms with E-state index in [4.69, 9.17) is 23.2 Å². The second kappa shape index (κ2) is 10.9. The van der Waals surface area contributed by atoms with Crippen LogP contribution in [0.5, 0.6) is 0 Å². The summed E-state index contributed by atoms with van der Waals surface area (Å²) < 4.78 is 27.0. The summed E-state index contributed by atoms with van der Waals surface area (Å²) >= 11 is 12.5. The number of likely N-dealkylation sites (tertiary alicyclic amines) is 1. The van der Waals surface area contributed by atoms with Crippen LogP contribution in [0.15, 0.2) is 36.5 Å². The summed E-state index contributed by atoms with van der Waals surface area (Å²) in [5, 5.41) is 6.69. The van der Waals surface area contributed by atoms with Crippen LogP contribution in [0.25, 0.3) is 0 Å². The first-order valence-corrected chi connectivity index (χ1v) is 16.0. The molecule has 0 spiro atoms. The van der Waals surface area contributed by atoms with Crippen LogP contribution in [-0.2, 0) is 17.4 Å². The Morgan fingerprint density at radius 2 is 1.76 bits per heavy atom. The smallest absolute Gasteiger partial charge is 0.229 e. The molecule has 2 heterocycles. The fraction of sp³-hybridized carbons (Fsp3) is 0.407. The van der Waals surface area contributed by atoms with Crippen LogP contribution >= 0.6 is 30.3 Å². The minimum absolute atomic E-state index is 0.168. The van der Waals surface area contributed by atoms with Crippen LogP contribution in [0.3, 0.4) is 0 Å². The van der Waals surface area contributed by atoms with E-state index in [2.05, 4.69) is 43.7 Å². The summed E-state index contributed by atoms with van der Waals surface area (Å²) in [6.45, 7) is 5.55. The van der Waals surface area contributed by atoms with Gasteiger partial charge in [-0.2, -0.15) is 4.98 Å². The second-order valence-corrected chi connectivity index (χ2v) is 14.1. The number of rotatable bonds is 6. The van der Waals surface area contributed by atoms with E-state index in [0.29, 0.717) is 23.5 Å². The predicted octanol–water partition coefficient (Wildman–Crippen LogP) is 7.00. The van der Waals surface area contributed by atoms with Crippen molar-refractivity contribution in [3.05, 3.63) is 63.5 Å². The molecule has 1 aliphatic heterocycles. The maximum Gasteiger partial charge on any atom is 0.229 e. The van der Waals surface area contributed by atoms with Gasteiger partial charge < -0.3 is 20.1 Å². The molecule has 1 saturated heterocycles. The first-order valence-electron chi connectivity index (χ1n) is 12.6. The molecule has 5 rings (SSSR count). The first kappa shape index (κ1) is 26.4. The summed E-state index contributed by atoms with van der Waals surface area (Å²) in [5.41, 5.74) is 4.08. The van der Waals surface area contributed by atoms with E-state index in [1.165, 1.54) is 68.2 Å². The Morgan fingerprint density at radius 3 is 2.49 bits per heavy atom. The van der Waals surface area contributed by atoms with Gasteiger partial charge in [-0.1, -0.05) is 29.3 Å². The van der Waals surface area contributed by atoms with Crippen molar-refractivity contribution in [1.82, 2.24) is 14.9 Å². The third-order valence-electron chi connectivity index (χ3n) is 7.22. The van der Waals surface area contributed by atoms with Crippen LogP contribution in [0.1, 0.15) is 36.8 Å². The molecule has 0 radical (unpaired) electrons. The zero-order chi connectivity index (χ0) is 26.2. The Labute approximate surface area is 227 Å². The van der Waals surface area contributed by atoms with Gasteiger partial charge in [0.15, 0.2) is 5.82 Å². The molecular weight excluding hydrogens is 531 g/mol. The summed E-state index contributed by atoms with van der Waals surface area (Å²) in [5.74, 6) is 0.0401. The van der Waals surface area contributed by atoms with Gasteiger partial charge in [0.25, 0.3) is 0 Å². The lowest BCUT2D eigenvalue weighted by Crippen LogP contribution is -2.32. The average Bonchev–Trinajstić information content (AvgIpc) is 3.30. The monoisotopic (exact) mass is 561 g/mol. The van der Waals surface area contributed by atoms with Crippen molar-refractivity contribution in [3.8, 4) is 0 Å². The predicted molar refractivity (Wildman–Crippen MR) is 152 cm³/mol. The Kier molecular flexibility index (Phi) is 7.78. The van der Waals surface area contributed by atoms with Crippen LogP contribution in [-0.4, -0.2) is 47.3 Å². The zero-order valence-electron chi connectivity index (χ0n) is 21.0. The SMILES string of the molecule is CP(C)(=O)c1c(Nc2nc(Nc3ccc4c(c3)CCC(N3CCCC3)CC4)ncc2Cl)ccc(F)c1Cl. The Hall–Kier alpha value is -2.18. The first-order chi connectivity index (χ1) is 17.7. The molecule has 0 saturated carbocycles. The Bertz CT molecular complexity index is 1360. The van der Waals surface area contributed by atoms with Crippen molar-refractivity contribution in [2.24, 2.45) is 0 Å². The van der Waals surface area contributed by atoms with Gasteiger partial charge >= 0.3 is 0 Å². The molecule has 37 heavy (non-hydrogen) atoms. The van der Waals surface area contributed by atoms with E-state index in [1.54, 1.807) is 13.3 Å². The average molecular weight is 562 g/mol. The van der Waals surface area contributed by atoms with Crippen LogP contribution < -0.4 is 15.9 Å². The summed E-state index contributed by atoms with van der Waals surface area (Å²) in [6, 6.07) is 9.83. The third-order valence-corrected chi connectivity index (χ3v) is 9.54. The standard InChI is InChI=1S/C27H31Cl2FN5OP/c1-37(2,36)25-23(12-11-22(30)24(25)29)33-26-21(28)16-31-27(34-26)32-19-8-5-17-6-9-20(10-7-18(17)15-19)35-13-3-4-14-35/h5,8,11-12,15-16,20H,3-4,6-7,9-10,13-14H2,1-2H3,(H2,31,32,33,34). The summed E-state index contributed by atoms with van der Waals surface area (Å²) in [7, 11) is -2.91. The van der Waals surface area contributed by atoms with Crippen molar-refractivity contribution < 1.29 is 8.96 Å². The quantitative estimate of drug-likeness (QED) is 0.249. The van der Waals surface area contributed by atoms with E-state index in [-0.39, 0.29) is 15.3 Å². The molecule has 6 nitrogen and oxygen atoms in total. The van der Waals surface area contributed by atoms with Crippen molar-refractivity contribution in [1.29, 1.82) is 0 Å². The number of fused-ring (bicyclic) bond motifs is 1. The number of hydrogen-bond donors (Lipinski definition) is 2. The van der Waals surface area contributed by atoms with Crippen LogP contribution in [0.4, 0.5) is 27.5 Å². The highest BCUT2D eigenvalue weighted by molar-refractivity contribution is 7.70. The van der Waals surface area contributed by atoms with E-state index in [9.17, 15) is 8.96 Å². The molecule has 2 aliphatic rings. The molecule has 1 atom stereocenters. The van der Waals surface area contributed by atoms with Crippen molar-refractivity contribution >= 4 is 58.8 Å². The van der Waals surface area contributed by atoms with E-state index < -0.39 is 13.0 Å². The number of anilines is 4. The van der Waals surface area contributed by atoms with Gasteiger partial charge in [-0.05, 0) is 100 Å². The molecule has 1 aliphatic carbocycles. The minimum atomic E-state index is -2.91. The second-order valence-electron chi connectivity index (χ2n) is 10.2. The molecule has 0 bridgehead atoms. The topological polar surface area (TPSA) is 70.2 Å². The molecule has 10 heteroatoms. The van der Waals surface area contributed by atoms with Gasteiger partial charge in [0.1, 0.15) is 18.0 Å². The summed E-state index contributed by atoms with van der Waals surface area (Å²) in [6.07, 6.45) is 8.69. The van der Waals surface area contributed by atoms with Crippen LogP contribution in [0.2, 0.25) is 10.0 Å². The van der Waals surface area contributed by atoms with Crippen molar-refractivity contribution in [2.75, 3.05) is 37.1 Å². The van der Waals surface area contributed by atoms with E-state index >= 15 is 0 Å². The van der Waals surface area contributed by atoms with Gasteiger partial charge in [-0.3, -0.25) is 0 Å². The molecule has 196 valence electrons. The van der Waals surface area contributed by atoms with Gasteiger partial charge in [0.2, 0.25) is 5.95 Å².